The molecule has 1 aromatic carbocycles. The first kappa shape index (κ1) is 14.8. The highest BCUT2D eigenvalue weighted by atomic mass is 32.2. The van der Waals surface area contributed by atoms with Gasteiger partial charge in [-0.15, -0.1) is 11.8 Å². The molecule has 0 radical (unpaired) electrons. The highest BCUT2D eigenvalue weighted by molar-refractivity contribution is 8.00. The Balaban J connectivity index is 1.73. The fourth-order valence-electron chi connectivity index (χ4n) is 2.08. The van der Waals surface area contributed by atoms with Crippen LogP contribution >= 0.6 is 11.8 Å². The third kappa shape index (κ3) is 4.75. The van der Waals surface area contributed by atoms with Crippen LogP contribution in [0.3, 0.4) is 0 Å². The minimum atomic E-state index is -0.400. The molecule has 1 fully saturated rings. The number of hydrogen-bond acceptors (Lipinski definition) is 3. The van der Waals surface area contributed by atoms with Gasteiger partial charge in [0.15, 0.2) is 0 Å². The van der Waals surface area contributed by atoms with Gasteiger partial charge in [-0.05, 0) is 31.0 Å². The van der Waals surface area contributed by atoms with Gasteiger partial charge in [0.05, 0.1) is 6.10 Å². The van der Waals surface area contributed by atoms with Crippen LogP contribution in [0.5, 0.6) is 0 Å². The van der Waals surface area contributed by atoms with Crippen LogP contribution in [0.2, 0.25) is 0 Å². The fourth-order valence-corrected chi connectivity index (χ4v) is 3.07. The average molecular weight is 287 g/mol. The topological polar surface area (TPSA) is 21.3 Å². The van der Waals surface area contributed by atoms with Crippen molar-refractivity contribution in [2.75, 3.05) is 19.7 Å². The highest BCUT2D eigenvalue weighted by Crippen LogP contribution is 2.26. The summed E-state index contributed by atoms with van der Waals surface area (Å²) in [6, 6.07) is 3.56. The third-order valence-corrected chi connectivity index (χ3v) is 4.19. The van der Waals surface area contributed by atoms with Crippen molar-refractivity contribution in [1.82, 2.24) is 5.32 Å². The Morgan fingerprint density at radius 2 is 2.32 bits per heavy atom. The smallest absolute Gasteiger partial charge is 0.136 e. The van der Waals surface area contributed by atoms with E-state index in [9.17, 15) is 8.78 Å². The molecule has 1 saturated heterocycles. The maximum atomic E-state index is 13.5. The summed E-state index contributed by atoms with van der Waals surface area (Å²) < 4.78 is 32.0. The fraction of sp³-hybridized carbons (Fsp3) is 0.571. The SMILES string of the molecule is CC(CNCC1CCCO1)Sc1cc(F)ccc1F. The normalized spacial score (nSPS) is 20.7. The van der Waals surface area contributed by atoms with Crippen molar-refractivity contribution in [2.45, 2.75) is 36.0 Å². The van der Waals surface area contributed by atoms with Crippen molar-refractivity contribution in [2.24, 2.45) is 0 Å². The highest BCUT2D eigenvalue weighted by Gasteiger charge is 2.15. The number of hydrogen-bond donors (Lipinski definition) is 1. The van der Waals surface area contributed by atoms with E-state index in [-0.39, 0.29) is 11.1 Å². The maximum Gasteiger partial charge on any atom is 0.136 e. The number of ether oxygens (including phenoxy) is 1. The second kappa shape index (κ2) is 7.22. The van der Waals surface area contributed by atoms with Crippen LogP contribution in [0, 0.1) is 11.6 Å². The predicted octanol–water partition coefficient (Wildman–Crippen LogP) is 3.21. The minimum Gasteiger partial charge on any atom is -0.377 e. The summed E-state index contributed by atoms with van der Waals surface area (Å²) >= 11 is 1.35. The Morgan fingerprint density at radius 1 is 1.47 bits per heavy atom. The standard InChI is InChI=1S/C14H19F2NOS/c1-10(8-17-9-12-3-2-6-18-12)19-14-7-11(15)4-5-13(14)16/h4-5,7,10,12,17H,2-3,6,8-9H2,1H3. The second-order valence-corrected chi connectivity index (χ2v) is 6.28. The molecule has 1 aliphatic rings. The van der Waals surface area contributed by atoms with Gasteiger partial charge in [-0.2, -0.15) is 0 Å². The zero-order chi connectivity index (χ0) is 13.7. The summed E-state index contributed by atoms with van der Waals surface area (Å²) in [5.74, 6) is -0.763. The summed E-state index contributed by atoms with van der Waals surface area (Å²) in [5.41, 5.74) is 0. The largest absolute Gasteiger partial charge is 0.377 e. The van der Waals surface area contributed by atoms with Crippen molar-refractivity contribution in [1.29, 1.82) is 0 Å². The summed E-state index contributed by atoms with van der Waals surface area (Å²) in [7, 11) is 0. The number of benzene rings is 1. The van der Waals surface area contributed by atoms with E-state index in [1.807, 2.05) is 6.92 Å². The molecule has 1 heterocycles. The number of nitrogens with one attached hydrogen (secondary N) is 1. The van der Waals surface area contributed by atoms with Crippen molar-refractivity contribution in [3.05, 3.63) is 29.8 Å². The van der Waals surface area contributed by atoms with Crippen molar-refractivity contribution >= 4 is 11.8 Å². The van der Waals surface area contributed by atoms with Crippen LogP contribution in [-0.4, -0.2) is 31.1 Å². The first-order valence-corrected chi connectivity index (χ1v) is 7.47. The molecule has 0 aliphatic carbocycles. The molecule has 0 aromatic heterocycles. The average Bonchev–Trinajstić information content (AvgIpc) is 2.87. The van der Waals surface area contributed by atoms with E-state index in [0.29, 0.717) is 11.0 Å². The van der Waals surface area contributed by atoms with Crippen LogP contribution in [0.25, 0.3) is 0 Å². The molecule has 1 aromatic rings. The Hall–Kier alpha value is -0.650. The van der Waals surface area contributed by atoms with Crippen LogP contribution < -0.4 is 5.32 Å². The van der Waals surface area contributed by atoms with Gasteiger partial charge in [0.2, 0.25) is 0 Å². The molecule has 0 amide bonds. The van der Waals surface area contributed by atoms with Gasteiger partial charge in [-0.1, -0.05) is 6.92 Å². The first-order valence-electron chi connectivity index (χ1n) is 6.59. The quantitative estimate of drug-likeness (QED) is 0.812. The lowest BCUT2D eigenvalue weighted by atomic mass is 10.2. The Bertz CT molecular complexity index is 410. The predicted molar refractivity (Wildman–Crippen MR) is 73.5 cm³/mol. The molecule has 5 heteroatoms. The van der Waals surface area contributed by atoms with Gasteiger partial charge >= 0.3 is 0 Å². The lowest BCUT2D eigenvalue weighted by Gasteiger charge is -2.15. The monoisotopic (exact) mass is 287 g/mol. The summed E-state index contributed by atoms with van der Waals surface area (Å²) in [5, 5.41) is 3.50. The van der Waals surface area contributed by atoms with Crippen LogP contribution in [0.4, 0.5) is 8.78 Å². The second-order valence-electron chi connectivity index (χ2n) is 4.80. The molecule has 2 atom stereocenters. The van der Waals surface area contributed by atoms with Gasteiger partial charge < -0.3 is 10.1 Å². The number of rotatable bonds is 6. The zero-order valence-corrected chi connectivity index (χ0v) is 11.8. The zero-order valence-electron chi connectivity index (χ0n) is 11.0. The molecule has 1 aliphatic heterocycles. The molecule has 0 spiro atoms. The van der Waals surface area contributed by atoms with E-state index < -0.39 is 5.82 Å². The van der Waals surface area contributed by atoms with Crippen LogP contribution in [-0.2, 0) is 4.74 Å². The molecule has 2 rings (SSSR count). The van der Waals surface area contributed by atoms with E-state index >= 15 is 0 Å². The van der Waals surface area contributed by atoms with Crippen molar-refractivity contribution in [3.8, 4) is 0 Å². The van der Waals surface area contributed by atoms with Gasteiger partial charge in [0, 0.05) is 29.8 Å². The molecule has 106 valence electrons. The Morgan fingerprint density at radius 3 is 3.05 bits per heavy atom. The molecule has 0 saturated carbocycles. The molecule has 19 heavy (non-hydrogen) atoms. The van der Waals surface area contributed by atoms with Gasteiger partial charge in [-0.25, -0.2) is 8.78 Å². The van der Waals surface area contributed by atoms with Gasteiger partial charge in [-0.3, -0.25) is 0 Å². The third-order valence-electron chi connectivity index (χ3n) is 3.05. The Kier molecular flexibility index (Phi) is 5.60. The molecule has 2 unspecified atom stereocenters. The first-order chi connectivity index (χ1) is 9.15. The molecule has 0 bridgehead atoms. The van der Waals surface area contributed by atoms with Gasteiger partial charge in [0.25, 0.3) is 0 Å². The Labute approximate surface area is 116 Å². The maximum absolute atomic E-state index is 13.5. The lowest BCUT2D eigenvalue weighted by molar-refractivity contribution is 0.110. The molecular formula is C14H19F2NOS. The van der Waals surface area contributed by atoms with E-state index in [1.54, 1.807) is 0 Å². The van der Waals surface area contributed by atoms with E-state index in [0.717, 1.165) is 38.6 Å². The molecule has 2 nitrogen and oxygen atoms in total. The summed E-state index contributed by atoms with van der Waals surface area (Å²) in [6.07, 6.45) is 2.54. The number of halogens is 2. The van der Waals surface area contributed by atoms with Crippen molar-refractivity contribution in [3.63, 3.8) is 0 Å². The van der Waals surface area contributed by atoms with E-state index in [2.05, 4.69) is 5.32 Å². The summed E-state index contributed by atoms with van der Waals surface area (Å²) in [4.78, 5) is 0.367. The van der Waals surface area contributed by atoms with Crippen LogP contribution in [0.1, 0.15) is 19.8 Å². The van der Waals surface area contributed by atoms with Crippen molar-refractivity contribution < 1.29 is 13.5 Å². The molecule has 1 N–H and O–H groups in total. The molecular weight excluding hydrogens is 268 g/mol. The summed E-state index contributed by atoms with van der Waals surface area (Å²) in [6.45, 7) is 4.43. The van der Waals surface area contributed by atoms with Crippen LogP contribution in [0.15, 0.2) is 23.1 Å². The lowest BCUT2D eigenvalue weighted by Crippen LogP contribution is -2.30. The van der Waals surface area contributed by atoms with E-state index in [1.165, 1.54) is 23.9 Å². The van der Waals surface area contributed by atoms with E-state index in [4.69, 9.17) is 4.74 Å². The minimum absolute atomic E-state index is 0.178. The number of thioether (sulfide) groups is 1. The van der Waals surface area contributed by atoms with Gasteiger partial charge in [0.1, 0.15) is 11.6 Å².